The Morgan fingerprint density at radius 3 is 2.50 bits per heavy atom. The fraction of sp³-hybridized carbons (Fsp3) is 0.480. The number of benzene rings is 2. The number of amides is 1. The SMILES string of the molecule is CC1CCCC(NC(=O)c2cc(S(=O)(=O)N3CCOCC3)ccc2Sc2ccc(Br)cc2)C1C. The van der Waals surface area contributed by atoms with Crippen LogP contribution in [-0.2, 0) is 14.8 Å². The van der Waals surface area contributed by atoms with Gasteiger partial charge in [-0.1, -0.05) is 54.4 Å². The number of ether oxygens (including phenoxy) is 1. The van der Waals surface area contributed by atoms with Gasteiger partial charge in [0.1, 0.15) is 0 Å². The molecule has 2 aromatic carbocycles. The summed E-state index contributed by atoms with van der Waals surface area (Å²) < 4.78 is 34.3. The van der Waals surface area contributed by atoms with E-state index < -0.39 is 10.0 Å². The molecule has 9 heteroatoms. The fourth-order valence-corrected chi connectivity index (χ4v) is 7.16. The molecule has 2 aromatic rings. The number of halogens is 1. The first-order chi connectivity index (χ1) is 16.3. The van der Waals surface area contributed by atoms with E-state index in [1.54, 1.807) is 12.1 Å². The summed E-state index contributed by atoms with van der Waals surface area (Å²) in [5, 5.41) is 3.22. The molecule has 2 fully saturated rings. The van der Waals surface area contributed by atoms with Crippen molar-refractivity contribution in [3.63, 3.8) is 0 Å². The summed E-state index contributed by atoms with van der Waals surface area (Å²) in [6.45, 7) is 5.80. The lowest BCUT2D eigenvalue weighted by molar-refractivity contribution is 0.0730. The van der Waals surface area contributed by atoms with Crippen molar-refractivity contribution in [1.29, 1.82) is 0 Å². The smallest absolute Gasteiger partial charge is 0.252 e. The van der Waals surface area contributed by atoms with E-state index in [1.165, 1.54) is 28.6 Å². The minimum Gasteiger partial charge on any atom is -0.379 e. The predicted molar refractivity (Wildman–Crippen MR) is 138 cm³/mol. The van der Waals surface area contributed by atoms with Crippen LogP contribution in [0.4, 0.5) is 0 Å². The van der Waals surface area contributed by atoms with E-state index in [9.17, 15) is 13.2 Å². The van der Waals surface area contributed by atoms with Crippen molar-refractivity contribution < 1.29 is 17.9 Å². The monoisotopic (exact) mass is 566 g/mol. The van der Waals surface area contributed by atoms with Crippen molar-refractivity contribution in [1.82, 2.24) is 9.62 Å². The zero-order valence-corrected chi connectivity index (χ0v) is 22.7. The van der Waals surface area contributed by atoms with Crippen molar-refractivity contribution in [2.45, 2.75) is 53.8 Å². The largest absolute Gasteiger partial charge is 0.379 e. The van der Waals surface area contributed by atoms with Crippen molar-refractivity contribution in [3.8, 4) is 0 Å². The molecule has 6 nitrogen and oxygen atoms in total. The van der Waals surface area contributed by atoms with Crippen LogP contribution < -0.4 is 5.32 Å². The number of hydrogen-bond acceptors (Lipinski definition) is 5. The van der Waals surface area contributed by atoms with E-state index in [0.29, 0.717) is 43.7 Å². The van der Waals surface area contributed by atoms with Gasteiger partial charge in [-0.3, -0.25) is 4.79 Å². The van der Waals surface area contributed by atoms with Crippen molar-refractivity contribution in [2.75, 3.05) is 26.3 Å². The summed E-state index contributed by atoms with van der Waals surface area (Å²) in [5.74, 6) is 0.703. The van der Waals surface area contributed by atoms with Crippen molar-refractivity contribution in [3.05, 3.63) is 52.5 Å². The Balaban J connectivity index is 1.66. The van der Waals surface area contributed by atoms with E-state index in [0.717, 1.165) is 27.1 Å². The Hall–Kier alpha value is -1.39. The van der Waals surface area contributed by atoms with Crippen molar-refractivity contribution in [2.24, 2.45) is 11.8 Å². The first-order valence-electron chi connectivity index (χ1n) is 11.7. The quantitative estimate of drug-likeness (QED) is 0.521. The molecule has 34 heavy (non-hydrogen) atoms. The molecule has 2 aliphatic rings. The summed E-state index contributed by atoms with van der Waals surface area (Å²) in [5.41, 5.74) is 0.396. The first kappa shape index (κ1) is 25.7. The fourth-order valence-electron chi connectivity index (χ4n) is 4.53. The minimum atomic E-state index is -3.71. The highest BCUT2D eigenvalue weighted by Gasteiger charge is 2.31. The van der Waals surface area contributed by atoms with E-state index in [1.807, 2.05) is 24.3 Å². The van der Waals surface area contributed by atoms with Crippen LogP contribution in [-0.4, -0.2) is 51.0 Å². The Kier molecular flexibility index (Phi) is 8.40. The molecule has 4 rings (SSSR count). The number of nitrogens with one attached hydrogen (secondary N) is 1. The van der Waals surface area contributed by atoms with Gasteiger partial charge in [-0.2, -0.15) is 4.31 Å². The van der Waals surface area contributed by atoms with Gasteiger partial charge in [-0.15, -0.1) is 0 Å². The highest BCUT2D eigenvalue weighted by molar-refractivity contribution is 9.10. The second-order valence-corrected chi connectivity index (χ2v) is 13.0. The van der Waals surface area contributed by atoms with Gasteiger partial charge in [0, 0.05) is 33.4 Å². The highest BCUT2D eigenvalue weighted by Crippen LogP contribution is 2.34. The summed E-state index contributed by atoms with van der Waals surface area (Å²) in [4.78, 5) is 15.4. The average Bonchev–Trinajstić information content (AvgIpc) is 2.84. The van der Waals surface area contributed by atoms with Gasteiger partial charge in [-0.05, 0) is 60.7 Å². The van der Waals surface area contributed by atoms with Crippen LogP contribution in [0.3, 0.4) is 0 Å². The zero-order valence-electron chi connectivity index (χ0n) is 19.5. The third-order valence-electron chi connectivity index (χ3n) is 6.87. The molecule has 1 aliphatic heterocycles. The number of carbonyl (C=O) groups excluding carboxylic acids is 1. The predicted octanol–water partition coefficient (Wildman–Crippen LogP) is 5.18. The van der Waals surface area contributed by atoms with Gasteiger partial charge in [0.15, 0.2) is 0 Å². The summed E-state index contributed by atoms with van der Waals surface area (Å²) in [7, 11) is -3.71. The minimum absolute atomic E-state index is 0.0845. The Morgan fingerprint density at radius 2 is 1.79 bits per heavy atom. The third-order valence-corrected chi connectivity index (χ3v) is 10.4. The molecular formula is C25H31BrN2O4S2. The number of rotatable bonds is 6. The Labute approximate surface area is 215 Å². The molecule has 0 aromatic heterocycles. The molecule has 3 atom stereocenters. The lowest BCUT2D eigenvalue weighted by Gasteiger charge is -2.34. The molecule has 1 heterocycles. The van der Waals surface area contributed by atoms with Gasteiger partial charge in [0.25, 0.3) is 5.91 Å². The molecule has 1 saturated heterocycles. The molecule has 3 unspecified atom stereocenters. The van der Waals surface area contributed by atoms with E-state index in [4.69, 9.17) is 4.74 Å². The second-order valence-electron chi connectivity index (χ2n) is 9.08. The Bertz CT molecular complexity index is 1120. The maximum atomic E-state index is 13.5. The standard InChI is InChI=1S/C25H31BrN2O4S2/c1-17-4-3-5-23(18(17)2)27-25(29)22-16-21(34(30,31)28-12-14-32-15-13-28)10-11-24(22)33-20-8-6-19(26)7-9-20/h6-11,16-18,23H,3-5,12-15H2,1-2H3,(H,27,29). The molecule has 0 bridgehead atoms. The normalized spacial score (nSPS) is 24.0. The summed E-state index contributed by atoms with van der Waals surface area (Å²) in [6.07, 6.45) is 3.20. The summed E-state index contributed by atoms with van der Waals surface area (Å²) >= 11 is 4.91. The molecule has 1 amide bonds. The van der Waals surface area contributed by atoms with E-state index in [-0.39, 0.29) is 16.8 Å². The summed E-state index contributed by atoms with van der Waals surface area (Å²) in [6, 6.07) is 12.8. The third kappa shape index (κ3) is 5.87. The topological polar surface area (TPSA) is 75.7 Å². The lowest BCUT2D eigenvalue weighted by Crippen LogP contribution is -2.44. The lowest BCUT2D eigenvalue weighted by atomic mass is 9.78. The van der Waals surface area contributed by atoms with Gasteiger partial charge < -0.3 is 10.1 Å². The van der Waals surface area contributed by atoms with Gasteiger partial charge >= 0.3 is 0 Å². The van der Waals surface area contributed by atoms with Crippen LogP contribution in [0.5, 0.6) is 0 Å². The van der Waals surface area contributed by atoms with Crippen LogP contribution in [0.1, 0.15) is 43.5 Å². The number of carbonyl (C=O) groups is 1. The maximum Gasteiger partial charge on any atom is 0.252 e. The maximum absolute atomic E-state index is 13.5. The average molecular weight is 568 g/mol. The van der Waals surface area contributed by atoms with Gasteiger partial charge in [0.2, 0.25) is 10.0 Å². The zero-order chi connectivity index (χ0) is 24.3. The number of hydrogen-bond donors (Lipinski definition) is 1. The second kappa shape index (κ2) is 11.1. The number of nitrogens with zero attached hydrogens (tertiary/aromatic N) is 1. The molecule has 1 saturated carbocycles. The van der Waals surface area contributed by atoms with Crippen molar-refractivity contribution >= 4 is 43.6 Å². The molecule has 0 spiro atoms. The van der Waals surface area contributed by atoms with Crippen LogP contribution in [0.25, 0.3) is 0 Å². The van der Waals surface area contributed by atoms with Gasteiger partial charge in [-0.25, -0.2) is 8.42 Å². The van der Waals surface area contributed by atoms with Crippen LogP contribution in [0, 0.1) is 11.8 Å². The molecule has 1 aliphatic carbocycles. The van der Waals surface area contributed by atoms with Crippen LogP contribution in [0.15, 0.2) is 61.6 Å². The van der Waals surface area contributed by atoms with Gasteiger partial charge in [0.05, 0.1) is 23.7 Å². The van der Waals surface area contributed by atoms with Crippen LogP contribution >= 0.6 is 27.7 Å². The van der Waals surface area contributed by atoms with E-state index >= 15 is 0 Å². The Morgan fingerprint density at radius 1 is 1.09 bits per heavy atom. The molecule has 184 valence electrons. The van der Waals surface area contributed by atoms with E-state index in [2.05, 4.69) is 35.1 Å². The molecule has 1 N–H and O–H groups in total. The molecule has 0 radical (unpaired) electrons. The number of morpholine rings is 1. The highest BCUT2D eigenvalue weighted by atomic mass is 79.9. The molecular weight excluding hydrogens is 536 g/mol. The van der Waals surface area contributed by atoms with Crippen LogP contribution in [0.2, 0.25) is 0 Å². The number of sulfonamides is 1. The first-order valence-corrected chi connectivity index (χ1v) is 14.8.